The van der Waals surface area contributed by atoms with E-state index in [0.717, 1.165) is 6.07 Å². The number of anilines is 1. The Labute approximate surface area is 161 Å². The van der Waals surface area contributed by atoms with Gasteiger partial charge in [-0.3, -0.25) is 4.79 Å². The second kappa shape index (κ2) is 6.93. The number of hydrogen-bond acceptors (Lipinski definition) is 6. The topological polar surface area (TPSA) is 94.5 Å². The lowest BCUT2D eigenvalue weighted by Crippen LogP contribution is -2.16. The van der Waals surface area contributed by atoms with E-state index in [9.17, 15) is 18.0 Å². The molecule has 1 N–H and O–H groups in total. The monoisotopic (exact) mass is 403 g/mol. The van der Waals surface area contributed by atoms with Gasteiger partial charge in [0.2, 0.25) is 5.82 Å². The number of rotatable bonds is 4. The molecule has 4 rings (SSSR count). The molecule has 148 valence electrons. The first-order valence-corrected chi connectivity index (χ1v) is 8.20. The molecule has 1 amide bonds. The normalized spacial score (nSPS) is 11.6. The third-order valence-corrected chi connectivity index (χ3v) is 3.93. The van der Waals surface area contributed by atoms with Crippen LogP contribution in [0, 0.1) is 0 Å². The number of fused-ring (bicyclic) bond motifs is 1. The van der Waals surface area contributed by atoms with Gasteiger partial charge in [0.05, 0.1) is 19.1 Å². The highest BCUT2D eigenvalue weighted by molar-refractivity contribution is 6.02. The Balaban J connectivity index is 1.78. The molecule has 3 heterocycles. The minimum absolute atomic E-state index is 0.0843. The number of methoxy groups -OCH3 is 1. The highest BCUT2D eigenvalue weighted by atomic mass is 19.4. The number of aromatic nitrogens is 4. The lowest BCUT2D eigenvalue weighted by molar-refractivity contribution is -0.142. The molecule has 11 heteroatoms. The van der Waals surface area contributed by atoms with Crippen LogP contribution in [0.4, 0.5) is 18.9 Å². The van der Waals surface area contributed by atoms with Gasteiger partial charge >= 0.3 is 6.18 Å². The molecule has 29 heavy (non-hydrogen) atoms. The summed E-state index contributed by atoms with van der Waals surface area (Å²) >= 11 is 0. The summed E-state index contributed by atoms with van der Waals surface area (Å²) < 4.78 is 51.3. The van der Waals surface area contributed by atoms with Gasteiger partial charge in [-0.05, 0) is 30.3 Å². The average Bonchev–Trinajstić information content (AvgIpc) is 3.36. The molecule has 3 aromatic heterocycles. The van der Waals surface area contributed by atoms with Crippen LogP contribution in [-0.2, 0) is 6.18 Å². The maximum absolute atomic E-state index is 13.5. The van der Waals surface area contributed by atoms with Gasteiger partial charge in [0, 0.05) is 0 Å². The largest absolute Gasteiger partial charge is 0.495 e. The number of carbonyl (C=O) groups excluding carboxylic acids is 1. The summed E-state index contributed by atoms with van der Waals surface area (Å²) in [6.45, 7) is 0. The lowest BCUT2D eigenvalue weighted by atomic mass is 10.2. The Bertz CT molecular complexity index is 1190. The first-order chi connectivity index (χ1) is 13.9. The van der Waals surface area contributed by atoms with Gasteiger partial charge in [0.25, 0.3) is 11.7 Å². The molecular formula is C18H12F3N5O3. The van der Waals surface area contributed by atoms with E-state index in [4.69, 9.17) is 9.15 Å². The molecule has 0 unspecified atom stereocenters. The van der Waals surface area contributed by atoms with Crippen molar-refractivity contribution in [3.8, 4) is 17.2 Å². The SMILES string of the molecule is COc1ccccc1NC(=O)c1nc2nc(-c3ccco3)cc(C(F)(F)F)n2n1. The number of carbonyl (C=O) groups is 1. The Hall–Kier alpha value is -3.89. The van der Waals surface area contributed by atoms with E-state index in [2.05, 4.69) is 20.4 Å². The summed E-state index contributed by atoms with van der Waals surface area (Å²) in [7, 11) is 1.42. The summed E-state index contributed by atoms with van der Waals surface area (Å²) in [5, 5.41) is 6.20. The lowest BCUT2D eigenvalue weighted by Gasteiger charge is -2.09. The van der Waals surface area contributed by atoms with E-state index in [0.29, 0.717) is 16.0 Å². The number of amides is 1. The van der Waals surface area contributed by atoms with Crippen LogP contribution in [0.25, 0.3) is 17.2 Å². The van der Waals surface area contributed by atoms with Crippen LogP contribution in [0.1, 0.15) is 16.3 Å². The van der Waals surface area contributed by atoms with E-state index in [-0.39, 0.29) is 11.5 Å². The first-order valence-electron chi connectivity index (χ1n) is 8.20. The Morgan fingerprint density at radius 1 is 1.17 bits per heavy atom. The number of ether oxygens (including phenoxy) is 1. The number of para-hydroxylation sites is 2. The fraction of sp³-hybridized carbons (Fsp3) is 0.111. The van der Waals surface area contributed by atoms with Crippen LogP contribution >= 0.6 is 0 Å². The van der Waals surface area contributed by atoms with E-state index in [1.54, 1.807) is 24.3 Å². The van der Waals surface area contributed by atoms with Crippen molar-refractivity contribution in [3.05, 3.63) is 60.2 Å². The van der Waals surface area contributed by atoms with Crippen LogP contribution in [0.2, 0.25) is 0 Å². The Kier molecular flexibility index (Phi) is 4.41. The molecule has 0 saturated heterocycles. The zero-order valence-electron chi connectivity index (χ0n) is 14.8. The van der Waals surface area contributed by atoms with Gasteiger partial charge in [0.15, 0.2) is 11.5 Å². The van der Waals surface area contributed by atoms with Crippen LogP contribution in [0.5, 0.6) is 5.75 Å². The molecule has 0 radical (unpaired) electrons. The number of alkyl halides is 3. The van der Waals surface area contributed by atoms with Gasteiger partial charge in [-0.25, -0.2) is 4.98 Å². The highest BCUT2D eigenvalue weighted by Gasteiger charge is 2.36. The zero-order chi connectivity index (χ0) is 20.6. The maximum Gasteiger partial charge on any atom is 0.433 e. The van der Waals surface area contributed by atoms with E-state index in [1.165, 1.54) is 25.5 Å². The molecule has 0 aliphatic heterocycles. The smallest absolute Gasteiger partial charge is 0.433 e. The number of furan rings is 1. The minimum Gasteiger partial charge on any atom is -0.495 e. The first kappa shape index (κ1) is 18.5. The van der Waals surface area contributed by atoms with Gasteiger partial charge in [0.1, 0.15) is 11.4 Å². The molecule has 0 aliphatic carbocycles. The van der Waals surface area contributed by atoms with Gasteiger partial charge in [-0.1, -0.05) is 12.1 Å². The second-order valence-electron chi connectivity index (χ2n) is 5.80. The Morgan fingerprint density at radius 3 is 2.66 bits per heavy atom. The van der Waals surface area contributed by atoms with Gasteiger partial charge in [-0.15, -0.1) is 5.10 Å². The summed E-state index contributed by atoms with van der Waals surface area (Å²) in [6, 6.07) is 10.3. The number of nitrogens with one attached hydrogen (secondary N) is 1. The predicted molar refractivity (Wildman–Crippen MR) is 94.4 cm³/mol. The van der Waals surface area contributed by atoms with E-state index in [1.807, 2.05) is 0 Å². The molecular weight excluding hydrogens is 391 g/mol. The standard InChI is InChI=1S/C18H12F3N5O3/c1-28-12-6-3-2-5-10(12)22-16(27)15-24-17-23-11(13-7-4-8-29-13)9-14(18(19,20)21)26(17)25-15/h2-9H,1H3,(H,22,27). The quantitative estimate of drug-likeness (QED) is 0.559. The van der Waals surface area contributed by atoms with Crippen molar-refractivity contribution < 1.29 is 27.1 Å². The van der Waals surface area contributed by atoms with Crippen molar-refractivity contribution in [2.75, 3.05) is 12.4 Å². The number of nitrogens with zero attached hydrogens (tertiary/aromatic N) is 4. The third kappa shape index (κ3) is 3.49. The summed E-state index contributed by atoms with van der Waals surface area (Å²) in [5.74, 6) is -1.19. The van der Waals surface area contributed by atoms with Crippen molar-refractivity contribution in [2.24, 2.45) is 0 Å². The molecule has 0 fully saturated rings. The maximum atomic E-state index is 13.5. The molecule has 0 bridgehead atoms. The molecule has 4 aromatic rings. The van der Waals surface area contributed by atoms with Gasteiger partial charge in [-0.2, -0.15) is 22.7 Å². The Morgan fingerprint density at radius 2 is 1.97 bits per heavy atom. The van der Waals surface area contributed by atoms with E-state index < -0.39 is 29.4 Å². The van der Waals surface area contributed by atoms with Gasteiger partial charge < -0.3 is 14.5 Å². The molecule has 1 aromatic carbocycles. The second-order valence-corrected chi connectivity index (χ2v) is 5.80. The fourth-order valence-corrected chi connectivity index (χ4v) is 2.64. The minimum atomic E-state index is -4.76. The summed E-state index contributed by atoms with van der Waals surface area (Å²) in [4.78, 5) is 20.4. The third-order valence-electron chi connectivity index (χ3n) is 3.93. The highest BCUT2D eigenvalue weighted by Crippen LogP contribution is 2.32. The number of benzene rings is 1. The molecule has 0 spiro atoms. The number of halogens is 3. The molecule has 0 atom stereocenters. The van der Waals surface area contributed by atoms with Crippen LogP contribution < -0.4 is 10.1 Å². The van der Waals surface area contributed by atoms with E-state index >= 15 is 0 Å². The zero-order valence-corrected chi connectivity index (χ0v) is 14.8. The van der Waals surface area contributed by atoms with Crippen molar-refractivity contribution in [1.29, 1.82) is 0 Å². The molecule has 8 nitrogen and oxygen atoms in total. The van der Waals surface area contributed by atoms with Crippen molar-refractivity contribution in [3.63, 3.8) is 0 Å². The van der Waals surface area contributed by atoms with Crippen molar-refractivity contribution in [2.45, 2.75) is 6.18 Å². The molecule has 0 saturated carbocycles. The summed E-state index contributed by atoms with van der Waals surface area (Å²) in [5.41, 5.74) is -0.907. The average molecular weight is 403 g/mol. The van der Waals surface area contributed by atoms with Crippen LogP contribution in [-0.4, -0.2) is 32.6 Å². The van der Waals surface area contributed by atoms with Crippen LogP contribution in [0.15, 0.2) is 53.1 Å². The van der Waals surface area contributed by atoms with Crippen molar-refractivity contribution >= 4 is 17.4 Å². The van der Waals surface area contributed by atoms with Crippen molar-refractivity contribution in [1.82, 2.24) is 19.6 Å². The number of hydrogen-bond donors (Lipinski definition) is 1. The summed E-state index contributed by atoms with van der Waals surface area (Å²) in [6.07, 6.45) is -3.45. The fourth-order valence-electron chi connectivity index (χ4n) is 2.64. The van der Waals surface area contributed by atoms with Crippen LogP contribution in [0.3, 0.4) is 0 Å². The molecule has 0 aliphatic rings. The predicted octanol–water partition coefficient (Wildman–Crippen LogP) is 3.66.